The highest BCUT2D eigenvalue weighted by Gasteiger charge is 1.81. The van der Waals surface area contributed by atoms with E-state index < -0.39 is 10.1 Å². The van der Waals surface area contributed by atoms with E-state index in [4.69, 9.17) is 9.81 Å². The fourth-order valence-corrected chi connectivity index (χ4v) is 0. The monoisotopic (exact) mass is 155 g/mol. The van der Waals surface area contributed by atoms with Crippen LogP contribution in [0.15, 0.2) is 0 Å². The Hall–Kier alpha value is -0.640. The van der Waals surface area contributed by atoms with Gasteiger partial charge < -0.3 is 5.48 Å². The Balaban J connectivity index is -0.0000000800. The van der Waals surface area contributed by atoms with Crippen molar-refractivity contribution in [3.8, 4) is 6.07 Å². The van der Waals surface area contributed by atoms with Crippen LogP contribution in [0.3, 0.4) is 0 Å². The number of nitriles is 1. The Morgan fingerprint density at radius 1 is 1.56 bits per heavy atom. The lowest BCUT2D eigenvalue weighted by molar-refractivity contribution is 0.490. The molecule has 0 saturated carbocycles. The summed E-state index contributed by atoms with van der Waals surface area (Å²) in [4.78, 5) is 0. The molecule has 0 unspecified atom stereocenters. The molecule has 0 heterocycles. The third-order valence-electron chi connectivity index (χ3n) is 0. The van der Waals surface area contributed by atoms with Gasteiger partial charge in [0.1, 0.15) is 0 Å². The Morgan fingerprint density at radius 2 is 1.56 bits per heavy atom. The van der Waals surface area contributed by atoms with Crippen molar-refractivity contribution >= 4 is 10.1 Å². The summed E-state index contributed by atoms with van der Waals surface area (Å²) in [5.41, 5.74) is 0. The maximum absolute atomic E-state index is 9.19. The molecule has 0 amide bonds. The molecule has 0 saturated heterocycles. The van der Waals surface area contributed by atoms with E-state index in [1.165, 1.54) is 6.92 Å². The largest absolute Gasteiger partial charge is 0.412 e. The average molecular weight is 155 g/mol. The molecule has 0 bridgehead atoms. The molecule has 9 heavy (non-hydrogen) atoms. The van der Waals surface area contributed by atoms with E-state index in [1.54, 1.807) is 6.07 Å². The molecule has 0 radical (unpaired) electrons. The lowest BCUT2D eigenvalue weighted by Gasteiger charge is -1.69. The van der Waals surface area contributed by atoms with Gasteiger partial charge >= 0.3 is 0 Å². The number of hydrogen-bond donors (Lipinski definition) is 1. The second-order valence-corrected chi connectivity index (χ2v) is 2.42. The van der Waals surface area contributed by atoms with Crippen LogP contribution >= 0.6 is 0 Å². The quantitative estimate of drug-likeness (QED) is 0.462. The van der Waals surface area contributed by atoms with Gasteiger partial charge in [0.15, 0.2) is 0 Å². The second kappa shape index (κ2) is 7.36. The van der Waals surface area contributed by atoms with E-state index >= 15 is 0 Å². The summed E-state index contributed by atoms with van der Waals surface area (Å²) in [6, 6.07) is 1.75. The normalized spacial score (nSPS) is 7.33. The fraction of sp³-hybridized carbons (Fsp3) is 0.667. The van der Waals surface area contributed by atoms with Gasteiger partial charge in [-0.05, 0) is 0 Å². The van der Waals surface area contributed by atoms with E-state index in [0.717, 1.165) is 0 Å². The Morgan fingerprint density at radius 3 is 1.56 bits per heavy atom. The minimum atomic E-state index is -3.67. The zero-order valence-electron chi connectivity index (χ0n) is 5.12. The van der Waals surface area contributed by atoms with E-state index in [9.17, 15) is 8.42 Å². The lowest BCUT2D eigenvalue weighted by Crippen LogP contribution is -1.88. The van der Waals surface area contributed by atoms with Crippen molar-refractivity contribution in [3.05, 3.63) is 0 Å². The average Bonchev–Trinajstić information content (AvgIpc) is 1.27. The molecule has 0 fully saturated rings. The van der Waals surface area contributed by atoms with Gasteiger partial charge in [0.2, 0.25) is 0 Å². The summed E-state index contributed by atoms with van der Waals surface area (Å²) in [7, 11) is -3.67. The van der Waals surface area contributed by atoms with Crippen molar-refractivity contribution in [1.82, 2.24) is 0 Å². The summed E-state index contributed by atoms with van der Waals surface area (Å²) in [6.07, 6.45) is 0.715. The van der Waals surface area contributed by atoms with Gasteiger partial charge in [-0.25, -0.2) is 0 Å². The molecule has 0 aliphatic heterocycles. The van der Waals surface area contributed by atoms with Gasteiger partial charge in [-0.3, -0.25) is 4.55 Å². The molecule has 5 nitrogen and oxygen atoms in total. The first-order chi connectivity index (χ1) is 3.41. The van der Waals surface area contributed by atoms with E-state index in [1.807, 2.05) is 0 Å². The van der Waals surface area contributed by atoms with Gasteiger partial charge in [0, 0.05) is 6.92 Å². The molecule has 0 aromatic carbocycles. The Labute approximate surface area is 54.0 Å². The number of nitrogens with zero attached hydrogens (tertiary/aromatic N) is 1. The topological polar surface area (TPSA) is 110 Å². The first kappa shape index (κ1) is 15.8. The highest BCUT2D eigenvalue weighted by Crippen LogP contribution is 1.60. The molecule has 0 rings (SSSR count). The van der Waals surface area contributed by atoms with Crippen LogP contribution < -0.4 is 0 Å². The van der Waals surface area contributed by atoms with E-state index in [2.05, 4.69) is 0 Å². The first-order valence-electron chi connectivity index (χ1n) is 1.65. The maximum atomic E-state index is 9.19. The molecule has 3 N–H and O–H groups in total. The van der Waals surface area contributed by atoms with Crippen LogP contribution in [0.25, 0.3) is 0 Å². The van der Waals surface area contributed by atoms with Crippen LogP contribution in [-0.2, 0) is 10.1 Å². The van der Waals surface area contributed by atoms with Crippen molar-refractivity contribution in [2.75, 3.05) is 6.26 Å². The number of hydrogen-bond acceptors (Lipinski definition) is 3. The fourth-order valence-electron chi connectivity index (χ4n) is 0. The van der Waals surface area contributed by atoms with Gasteiger partial charge in [-0.15, -0.1) is 0 Å². The third-order valence-corrected chi connectivity index (χ3v) is 0. The Kier molecular flexibility index (Phi) is 12.9. The van der Waals surface area contributed by atoms with Crippen molar-refractivity contribution in [3.63, 3.8) is 0 Å². The van der Waals surface area contributed by atoms with Crippen molar-refractivity contribution < 1.29 is 18.4 Å². The standard InChI is InChI=1S/C2H3N.CH4O3S.H2O/c1-2-3;1-5(2,3)4;/h1H3;1H3,(H,2,3,4);1H2. The summed E-state index contributed by atoms with van der Waals surface area (Å²) >= 11 is 0. The molecule has 6 heteroatoms. The first-order valence-corrected chi connectivity index (χ1v) is 3.50. The summed E-state index contributed by atoms with van der Waals surface area (Å²) < 4.78 is 25.9. The molecule has 0 spiro atoms. The molecule has 0 atom stereocenters. The van der Waals surface area contributed by atoms with Crippen molar-refractivity contribution in [1.29, 1.82) is 5.26 Å². The second-order valence-electron chi connectivity index (χ2n) is 0.957. The Bertz CT molecular complexity index is 157. The minimum absolute atomic E-state index is 0. The highest BCUT2D eigenvalue weighted by atomic mass is 32.2. The molecule has 56 valence electrons. The van der Waals surface area contributed by atoms with Crippen LogP contribution in [0.2, 0.25) is 0 Å². The van der Waals surface area contributed by atoms with Crippen LogP contribution in [0.4, 0.5) is 0 Å². The molecule has 0 aromatic rings. The highest BCUT2D eigenvalue weighted by molar-refractivity contribution is 7.85. The summed E-state index contributed by atoms with van der Waals surface area (Å²) in [6.45, 7) is 1.43. The molecule has 0 aromatic heterocycles. The third kappa shape index (κ3) is 516. The van der Waals surface area contributed by atoms with Crippen LogP contribution in [-0.4, -0.2) is 24.7 Å². The van der Waals surface area contributed by atoms with Crippen molar-refractivity contribution in [2.45, 2.75) is 6.92 Å². The van der Waals surface area contributed by atoms with Crippen molar-refractivity contribution in [2.24, 2.45) is 0 Å². The minimum Gasteiger partial charge on any atom is -0.412 e. The molecular formula is C3H9NO4S. The van der Waals surface area contributed by atoms with Crippen LogP contribution in [0.5, 0.6) is 0 Å². The molecule has 0 aliphatic carbocycles. The number of rotatable bonds is 0. The zero-order chi connectivity index (χ0) is 7.21. The smallest absolute Gasteiger partial charge is 0.261 e. The SMILES string of the molecule is CC#N.CS(=O)(=O)O.O. The van der Waals surface area contributed by atoms with Gasteiger partial charge in [0.25, 0.3) is 10.1 Å². The van der Waals surface area contributed by atoms with E-state index in [0.29, 0.717) is 6.26 Å². The van der Waals surface area contributed by atoms with Crippen LogP contribution in [0, 0.1) is 11.3 Å². The van der Waals surface area contributed by atoms with Gasteiger partial charge in [0.05, 0.1) is 12.3 Å². The lowest BCUT2D eigenvalue weighted by atomic mass is 11.0. The molecule has 0 aliphatic rings. The predicted octanol–water partition coefficient (Wildman–Crippen LogP) is -0.791. The zero-order valence-corrected chi connectivity index (χ0v) is 5.94. The predicted molar refractivity (Wildman–Crippen MR) is 32.4 cm³/mol. The van der Waals surface area contributed by atoms with Gasteiger partial charge in [-0.2, -0.15) is 13.7 Å². The van der Waals surface area contributed by atoms with Crippen LogP contribution in [0.1, 0.15) is 6.92 Å². The van der Waals surface area contributed by atoms with Gasteiger partial charge in [-0.1, -0.05) is 0 Å². The maximum Gasteiger partial charge on any atom is 0.261 e. The molecular weight excluding hydrogens is 146 g/mol. The summed E-state index contributed by atoms with van der Waals surface area (Å²) in [5, 5.41) is 7.32. The van der Waals surface area contributed by atoms with E-state index in [-0.39, 0.29) is 5.48 Å². The summed E-state index contributed by atoms with van der Waals surface area (Å²) in [5.74, 6) is 0.